The van der Waals surface area contributed by atoms with Crippen LogP contribution in [0, 0.1) is 5.82 Å². The predicted octanol–water partition coefficient (Wildman–Crippen LogP) is 4.60. The summed E-state index contributed by atoms with van der Waals surface area (Å²) in [6.45, 7) is 0. The Hall–Kier alpha value is -3.93. The Morgan fingerprint density at radius 2 is 1.80 bits per heavy atom. The van der Waals surface area contributed by atoms with Crippen LogP contribution >= 0.6 is 0 Å². The molecule has 0 spiro atoms. The van der Waals surface area contributed by atoms with E-state index in [1.807, 2.05) is 0 Å². The Kier molecular flexibility index (Phi) is 5.30. The second kappa shape index (κ2) is 8.21. The summed E-state index contributed by atoms with van der Waals surface area (Å²) < 4.78 is 29.4. The third-order valence-corrected chi connectivity index (χ3v) is 4.53. The first-order valence-corrected chi connectivity index (χ1v) is 9.19. The van der Waals surface area contributed by atoms with Gasteiger partial charge in [0.15, 0.2) is 5.76 Å². The van der Waals surface area contributed by atoms with E-state index in [-0.39, 0.29) is 29.5 Å². The lowest BCUT2D eigenvalue weighted by Gasteiger charge is -2.06. The van der Waals surface area contributed by atoms with Crippen LogP contribution in [0.4, 0.5) is 4.39 Å². The average molecular weight is 404 g/mol. The molecule has 0 saturated carbocycles. The summed E-state index contributed by atoms with van der Waals surface area (Å²) in [6.07, 6.45) is 1.56. The van der Waals surface area contributed by atoms with Crippen LogP contribution < -0.4 is 14.2 Å². The highest BCUT2D eigenvalue weighted by molar-refractivity contribution is 6.14. The number of allylic oxidation sites excluding steroid dienone is 1. The van der Waals surface area contributed by atoms with Gasteiger partial charge in [-0.3, -0.25) is 9.59 Å². The van der Waals surface area contributed by atoms with E-state index in [4.69, 9.17) is 14.2 Å². The van der Waals surface area contributed by atoms with Gasteiger partial charge in [0.25, 0.3) is 0 Å². The van der Waals surface area contributed by atoms with Crippen LogP contribution in [-0.2, 0) is 11.2 Å². The molecule has 0 aliphatic carbocycles. The van der Waals surface area contributed by atoms with E-state index in [0.29, 0.717) is 16.9 Å². The normalized spacial score (nSPS) is 13.7. The van der Waals surface area contributed by atoms with Gasteiger partial charge in [-0.2, -0.15) is 0 Å². The molecular weight excluding hydrogens is 387 g/mol. The summed E-state index contributed by atoms with van der Waals surface area (Å²) in [6, 6.07) is 17.5. The van der Waals surface area contributed by atoms with E-state index in [9.17, 15) is 14.0 Å². The van der Waals surface area contributed by atoms with Crippen LogP contribution in [0.15, 0.2) is 72.5 Å². The summed E-state index contributed by atoms with van der Waals surface area (Å²) in [7, 11) is 1.57. The maximum atomic E-state index is 13.4. The van der Waals surface area contributed by atoms with Crippen molar-refractivity contribution in [2.24, 2.45) is 0 Å². The number of halogens is 1. The molecule has 0 amide bonds. The molecule has 1 aliphatic heterocycles. The fraction of sp³-hybridized carbons (Fsp3) is 0.0833. The van der Waals surface area contributed by atoms with Gasteiger partial charge in [0.05, 0.1) is 19.1 Å². The van der Waals surface area contributed by atoms with Gasteiger partial charge in [0.2, 0.25) is 5.78 Å². The van der Waals surface area contributed by atoms with Gasteiger partial charge >= 0.3 is 5.97 Å². The van der Waals surface area contributed by atoms with Crippen LogP contribution in [0.2, 0.25) is 0 Å². The number of carbonyl (C=O) groups is 2. The van der Waals surface area contributed by atoms with Gasteiger partial charge in [-0.1, -0.05) is 24.3 Å². The van der Waals surface area contributed by atoms with E-state index in [1.54, 1.807) is 49.6 Å². The van der Waals surface area contributed by atoms with Crippen molar-refractivity contribution in [3.05, 3.63) is 95.0 Å². The van der Waals surface area contributed by atoms with Crippen molar-refractivity contribution in [3.8, 4) is 17.2 Å². The Balaban J connectivity index is 1.46. The molecule has 0 unspecified atom stereocenters. The summed E-state index contributed by atoms with van der Waals surface area (Å²) in [5.74, 6) is 0.181. The number of ketones is 1. The van der Waals surface area contributed by atoms with E-state index in [2.05, 4.69) is 0 Å². The standard InChI is InChI=1S/C24H17FO5/c1-28-18-7-5-15(6-8-18)13-23(26)29-19-9-10-20-21(14-19)30-22(24(20)27)12-16-3-2-4-17(25)11-16/h2-12,14H,13H2,1H3/b22-12-. The van der Waals surface area contributed by atoms with Gasteiger partial charge in [-0.05, 0) is 53.6 Å². The van der Waals surface area contributed by atoms with Crippen molar-refractivity contribution in [2.45, 2.75) is 6.42 Å². The largest absolute Gasteiger partial charge is 0.497 e. The predicted molar refractivity (Wildman–Crippen MR) is 108 cm³/mol. The van der Waals surface area contributed by atoms with Crippen LogP contribution in [0.1, 0.15) is 21.5 Å². The third-order valence-electron chi connectivity index (χ3n) is 4.53. The van der Waals surface area contributed by atoms with Gasteiger partial charge in [-0.25, -0.2) is 4.39 Å². The Morgan fingerprint density at radius 1 is 1.03 bits per heavy atom. The average Bonchev–Trinajstić information content (AvgIpc) is 3.03. The molecule has 0 fully saturated rings. The lowest BCUT2D eigenvalue weighted by molar-refractivity contribution is -0.133. The number of Topliss-reactive ketones (excluding diaryl/α,β-unsaturated/α-hetero) is 1. The van der Waals surface area contributed by atoms with E-state index in [0.717, 1.165) is 5.56 Å². The Labute approximate surface area is 172 Å². The van der Waals surface area contributed by atoms with Crippen molar-refractivity contribution in [1.29, 1.82) is 0 Å². The van der Waals surface area contributed by atoms with Crippen molar-refractivity contribution < 1.29 is 28.2 Å². The smallest absolute Gasteiger partial charge is 0.315 e. The summed E-state index contributed by atoms with van der Waals surface area (Å²) in [5.41, 5.74) is 1.65. The Morgan fingerprint density at radius 3 is 2.53 bits per heavy atom. The number of hydrogen-bond acceptors (Lipinski definition) is 5. The van der Waals surface area contributed by atoms with Gasteiger partial charge in [0.1, 0.15) is 23.1 Å². The van der Waals surface area contributed by atoms with Crippen molar-refractivity contribution in [1.82, 2.24) is 0 Å². The summed E-state index contributed by atoms with van der Waals surface area (Å²) in [4.78, 5) is 24.7. The molecule has 0 radical (unpaired) electrons. The number of methoxy groups -OCH3 is 1. The summed E-state index contributed by atoms with van der Waals surface area (Å²) in [5, 5.41) is 0. The van der Waals surface area contributed by atoms with E-state index < -0.39 is 11.8 Å². The molecule has 4 rings (SSSR count). The SMILES string of the molecule is COc1ccc(CC(=O)Oc2ccc3c(c2)O/C(=C\c2cccc(F)c2)C3=O)cc1. The molecule has 0 aromatic heterocycles. The topological polar surface area (TPSA) is 61.8 Å². The molecule has 3 aromatic carbocycles. The van der Waals surface area contributed by atoms with Gasteiger partial charge in [-0.15, -0.1) is 0 Å². The molecule has 0 N–H and O–H groups in total. The van der Waals surface area contributed by atoms with Crippen LogP contribution in [-0.4, -0.2) is 18.9 Å². The second-order valence-electron chi connectivity index (χ2n) is 6.65. The van der Waals surface area contributed by atoms with E-state index >= 15 is 0 Å². The zero-order valence-electron chi connectivity index (χ0n) is 16.1. The third kappa shape index (κ3) is 4.22. The first kappa shape index (κ1) is 19.4. The highest BCUT2D eigenvalue weighted by Gasteiger charge is 2.28. The number of esters is 1. The minimum Gasteiger partial charge on any atom is -0.497 e. The molecule has 3 aromatic rings. The molecule has 0 bridgehead atoms. The monoisotopic (exact) mass is 404 g/mol. The van der Waals surface area contributed by atoms with Crippen LogP contribution in [0.5, 0.6) is 17.2 Å². The van der Waals surface area contributed by atoms with Gasteiger partial charge in [0, 0.05) is 6.07 Å². The molecule has 30 heavy (non-hydrogen) atoms. The number of hydrogen-bond donors (Lipinski definition) is 0. The lowest BCUT2D eigenvalue weighted by atomic mass is 10.1. The fourth-order valence-corrected chi connectivity index (χ4v) is 3.06. The molecular formula is C24H17FO5. The number of carbonyl (C=O) groups excluding carboxylic acids is 2. The minimum atomic E-state index is -0.444. The van der Waals surface area contributed by atoms with Gasteiger partial charge < -0.3 is 14.2 Å². The highest BCUT2D eigenvalue weighted by atomic mass is 19.1. The zero-order chi connectivity index (χ0) is 21.1. The maximum Gasteiger partial charge on any atom is 0.315 e. The second-order valence-corrected chi connectivity index (χ2v) is 6.65. The number of ether oxygens (including phenoxy) is 3. The first-order valence-electron chi connectivity index (χ1n) is 9.19. The molecule has 0 saturated heterocycles. The molecule has 5 nitrogen and oxygen atoms in total. The highest BCUT2D eigenvalue weighted by Crippen LogP contribution is 2.35. The first-order chi connectivity index (χ1) is 14.5. The van der Waals surface area contributed by atoms with Crippen LogP contribution in [0.25, 0.3) is 6.08 Å². The van der Waals surface area contributed by atoms with Crippen LogP contribution in [0.3, 0.4) is 0 Å². The summed E-state index contributed by atoms with van der Waals surface area (Å²) >= 11 is 0. The zero-order valence-corrected chi connectivity index (χ0v) is 16.1. The number of rotatable bonds is 5. The molecule has 150 valence electrons. The molecule has 6 heteroatoms. The Bertz CT molecular complexity index is 1150. The van der Waals surface area contributed by atoms with Crippen molar-refractivity contribution >= 4 is 17.8 Å². The van der Waals surface area contributed by atoms with E-state index in [1.165, 1.54) is 30.3 Å². The number of fused-ring (bicyclic) bond motifs is 1. The maximum absolute atomic E-state index is 13.4. The minimum absolute atomic E-state index is 0.0808. The molecule has 1 aliphatic rings. The fourth-order valence-electron chi connectivity index (χ4n) is 3.06. The van der Waals surface area contributed by atoms with Crippen molar-refractivity contribution in [2.75, 3.05) is 7.11 Å². The molecule has 0 atom stereocenters. The molecule has 1 heterocycles. The number of benzene rings is 3. The quantitative estimate of drug-likeness (QED) is 0.353. The van der Waals surface area contributed by atoms with Crippen molar-refractivity contribution in [3.63, 3.8) is 0 Å². The lowest BCUT2D eigenvalue weighted by Crippen LogP contribution is -2.11.